The van der Waals surface area contributed by atoms with Crippen LogP contribution in [0, 0.1) is 0 Å². The predicted octanol–water partition coefficient (Wildman–Crippen LogP) is 3.54. The Bertz CT molecular complexity index is 335. The summed E-state index contributed by atoms with van der Waals surface area (Å²) in [4.78, 5) is 0. The van der Waals surface area contributed by atoms with Crippen LogP contribution in [-0.4, -0.2) is 18.2 Å². The lowest BCUT2D eigenvalue weighted by Gasteiger charge is -2.20. The molecule has 102 valence electrons. The zero-order chi connectivity index (χ0) is 13.6. The Morgan fingerprint density at radius 2 is 1.61 bits per heavy atom. The van der Waals surface area contributed by atoms with Crippen LogP contribution >= 0.6 is 0 Å². The molecule has 0 bridgehead atoms. The summed E-state index contributed by atoms with van der Waals surface area (Å²) in [6.07, 6.45) is 1.36. The van der Waals surface area contributed by atoms with Crippen LogP contribution in [0.4, 0.5) is 0 Å². The minimum absolute atomic E-state index is 0.199. The van der Waals surface area contributed by atoms with Crippen molar-refractivity contribution in [2.24, 2.45) is 0 Å². The molecule has 0 aliphatic heterocycles. The van der Waals surface area contributed by atoms with Crippen LogP contribution in [0.3, 0.4) is 0 Å². The molecule has 0 fully saturated rings. The van der Waals surface area contributed by atoms with Crippen molar-refractivity contribution in [3.05, 3.63) is 35.4 Å². The maximum absolute atomic E-state index is 5.58. The van der Waals surface area contributed by atoms with Crippen LogP contribution in [0.25, 0.3) is 0 Å². The van der Waals surface area contributed by atoms with Gasteiger partial charge in [0, 0.05) is 5.54 Å². The molecule has 0 aliphatic rings. The van der Waals surface area contributed by atoms with E-state index in [1.54, 1.807) is 0 Å². The van der Waals surface area contributed by atoms with Gasteiger partial charge >= 0.3 is 0 Å². The fraction of sp³-hybridized carbons (Fsp3) is 0.625. The predicted molar refractivity (Wildman–Crippen MR) is 77.8 cm³/mol. The lowest BCUT2D eigenvalue weighted by atomic mass is 10.1. The van der Waals surface area contributed by atoms with E-state index < -0.39 is 0 Å². The molecule has 0 spiro atoms. The second kappa shape index (κ2) is 6.91. The molecular formula is C16H27NO. The molecule has 0 unspecified atom stereocenters. The van der Waals surface area contributed by atoms with Crippen LogP contribution in [0.1, 0.15) is 45.7 Å². The molecule has 1 N–H and O–H groups in total. The van der Waals surface area contributed by atoms with Crippen LogP contribution in [0.15, 0.2) is 24.3 Å². The second-order valence-corrected chi connectivity index (χ2v) is 6.10. The average Bonchev–Trinajstić information content (AvgIpc) is 2.26. The monoisotopic (exact) mass is 249 g/mol. The third kappa shape index (κ3) is 6.77. The summed E-state index contributed by atoms with van der Waals surface area (Å²) in [6.45, 7) is 12.4. The van der Waals surface area contributed by atoms with Crippen molar-refractivity contribution < 1.29 is 4.74 Å². The summed E-state index contributed by atoms with van der Waals surface area (Å²) >= 11 is 0. The SMILES string of the molecule is CC(C)OCc1ccc(CCNC(C)(C)C)cc1. The highest BCUT2D eigenvalue weighted by molar-refractivity contribution is 5.22. The molecule has 1 rings (SSSR count). The van der Waals surface area contributed by atoms with Gasteiger partial charge in [-0.3, -0.25) is 0 Å². The van der Waals surface area contributed by atoms with Crippen LogP contribution in [0.2, 0.25) is 0 Å². The first-order valence-electron chi connectivity index (χ1n) is 6.81. The second-order valence-electron chi connectivity index (χ2n) is 6.10. The van der Waals surface area contributed by atoms with Gasteiger partial charge in [0.2, 0.25) is 0 Å². The topological polar surface area (TPSA) is 21.3 Å². The molecule has 0 saturated heterocycles. The van der Waals surface area contributed by atoms with E-state index in [0.29, 0.717) is 12.7 Å². The molecule has 0 aliphatic carbocycles. The molecule has 0 atom stereocenters. The van der Waals surface area contributed by atoms with E-state index in [2.05, 4.69) is 64.2 Å². The smallest absolute Gasteiger partial charge is 0.0720 e. The number of rotatable bonds is 6. The zero-order valence-electron chi connectivity index (χ0n) is 12.4. The van der Waals surface area contributed by atoms with Gasteiger partial charge in [0.05, 0.1) is 12.7 Å². The summed E-state index contributed by atoms with van der Waals surface area (Å²) in [5, 5.41) is 3.50. The van der Waals surface area contributed by atoms with Gasteiger partial charge in [-0.15, -0.1) is 0 Å². The first-order chi connectivity index (χ1) is 8.37. The normalized spacial score (nSPS) is 12.1. The Morgan fingerprint density at radius 3 is 2.11 bits per heavy atom. The van der Waals surface area contributed by atoms with E-state index in [9.17, 15) is 0 Å². The van der Waals surface area contributed by atoms with E-state index in [1.165, 1.54) is 11.1 Å². The van der Waals surface area contributed by atoms with Gasteiger partial charge in [-0.2, -0.15) is 0 Å². The Balaban J connectivity index is 2.36. The molecule has 0 heterocycles. The van der Waals surface area contributed by atoms with Gasteiger partial charge in [0.15, 0.2) is 0 Å². The molecule has 2 nitrogen and oxygen atoms in total. The number of hydrogen-bond acceptors (Lipinski definition) is 2. The maximum Gasteiger partial charge on any atom is 0.0720 e. The van der Waals surface area contributed by atoms with Crippen molar-refractivity contribution in [3.8, 4) is 0 Å². The van der Waals surface area contributed by atoms with Crippen LogP contribution in [0.5, 0.6) is 0 Å². The fourth-order valence-electron chi connectivity index (χ4n) is 1.65. The molecule has 1 aromatic carbocycles. The number of hydrogen-bond donors (Lipinski definition) is 1. The minimum Gasteiger partial charge on any atom is -0.374 e. The van der Waals surface area contributed by atoms with Gasteiger partial charge in [-0.1, -0.05) is 24.3 Å². The van der Waals surface area contributed by atoms with Gasteiger partial charge in [-0.25, -0.2) is 0 Å². The van der Waals surface area contributed by atoms with E-state index >= 15 is 0 Å². The van der Waals surface area contributed by atoms with Crippen molar-refractivity contribution in [3.63, 3.8) is 0 Å². The van der Waals surface area contributed by atoms with Gasteiger partial charge in [0.1, 0.15) is 0 Å². The fourth-order valence-corrected chi connectivity index (χ4v) is 1.65. The molecule has 1 aromatic rings. The van der Waals surface area contributed by atoms with E-state index in [0.717, 1.165) is 13.0 Å². The Labute approximate surface area is 112 Å². The van der Waals surface area contributed by atoms with Crippen LogP contribution < -0.4 is 5.32 Å². The third-order valence-corrected chi connectivity index (χ3v) is 2.68. The zero-order valence-corrected chi connectivity index (χ0v) is 12.4. The molecule has 0 radical (unpaired) electrons. The third-order valence-electron chi connectivity index (χ3n) is 2.68. The van der Waals surface area contributed by atoms with Gasteiger partial charge in [0.25, 0.3) is 0 Å². The summed E-state index contributed by atoms with van der Waals surface area (Å²) in [5.74, 6) is 0. The van der Waals surface area contributed by atoms with E-state index in [1.807, 2.05) is 0 Å². The molecule has 2 heteroatoms. The molecule has 0 saturated carbocycles. The Hall–Kier alpha value is -0.860. The number of ether oxygens (including phenoxy) is 1. The summed E-state index contributed by atoms with van der Waals surface area (Å²) in [7, 11) is 0. The summed E-state index contributed by atoms with van der Waals surface area (Å²) in [6, 6.07) is 8.72. The van der Waals surface area contributed by atoms with Crippen LogP contribution in [-0.2, 0) is 17.8 Å². The number of nitrogens with one attached hydrogen (secondary N) is 1. The maximum atomic E-state index is 5.58. The van der Waals surface area contributed by atoms with Gasteiger partial charge < -0.3 is 10.1 Å². The van der Waals surface area contributed by atoms with Gasteiger partial charge in [-0.05, 0) is 58.7 Å². The highest BCUT2D eigenvalue weighted by atomic mass is 16.5. The first kappa shape index (κ1) is 15.2. The van der Waals surface area contributed by atoms with Crippen molar-refractivity contribution >= 4 is 0 Å². The first-order valence-corrected chi connectivity index (χ1v) is 6.81. The standard InChI is InChI=1S/C16H27NO/c1-13(2)18-12-15-8-6-14(7-9-15)10-11-17-16(3,4)5/h6-9,13,17H,10-12H2,1-5H3. The average molecular weight is 249 g/mol. The molecular weight excluding hydrogens is 222 g/mol. The highest BCUT2D eigenvalue weighted by Crippen LogP contribution is 2.08. The molecule has 18 heavy (non-hydrogen) atoms. The number of benzene rings is 1. The van der Waals surface area contributed by atoms with Crippen molar-refractivity contribution in [1.82, 2.24) is 5.32 Å². The molecule has 0 aromatic heterocycles. The quantitative estimate of drug-likeness (QED) is 0.832. The highest BCUT2D eigenvalue weighted by Gasteiger charge is 2.07. The Morgan fingerprint density at radius 1 is 1.06 bits per heavy atom. The van der Waals surface area contributed by atoms with Crippen molar-refractivity contribution in [2.45, 2.75) is 59.3 Å². The molecule has 0 amide bonds. The Kier molecular flexibility index (Phi) is 5.83. The minimum atomic E-state index is 0.199. The van der Waals surface area contributed by atoms with Crippen molar-refractivity contribution in [1.29, 1.82) is 0 Å². The van der Waals surface area contributed by atoms with E-state index in [4.69, 9.17) is 4.74 Å². The summed E-state index contributed by atoms with van der Waals surface area (Å²) < 4.78 is 5.58. The lowest BCUT2D eigenvalue weighted by molar-refractivity contribution is 0.0657. The lowest BCUT2D eigenvalue weighted by Crippen LogP contribution is -2.37. The van der Waals surface area contributed by atoms with Crippen molar-refractivity contribution in [2.75, 3.05) is 6.54 Å². The largest absolute Gasteiger partial charge is 0.374 e. The summed E-state index contributed by atoms with van der Waals surface area (Å²) in [5.41, 5.74) is 2.82. The van der Waals surface area contributed by atoms with E-state index in [-0.39, 0.29) is 5.54 Å².